The van der Waals surface area contributed by atoms with Crippen molar-refractivity contribution in [1.29, 1.82) is 0 Å². The van der Waals surface area contributed by atoms with Crippen LogP contribution >= 0.6 is 0 Å². The van der Waals surface area contributed by atoms with E-state index >= 15 is 0 Å². The molecule has 0 radical (unpaired) electrons. The van der Waals surface area contributed by atoms with Gasteiger partial charge in [0, 0.05) is 12.0 Å². The molecule has 0 fully saturated rings. The molecule has 1 aromatic carbocycles. The summed E-state index contributed by atoms with van der Waals surface area (Å²) in [5.41, 5.74) is 0.469. The van der Waals surface area contributed by atoms with Crippen LogP contribution in [-0.4, -0.2) is 6.10 Å². The van der Waals surface area contributed by atoms with E-state index in [1.54, 1.807) is 6.08 Å². The molecule has 21 heavy (non-hydrogen) atoms. The van der Waals surface area contributed by atoms with Crippen LogP contribution in [0.5, 0.6) is 0 Å². The minimum absolute atomic E-state index is 0.140. The molecule has 5 heteroatoms. The van der Waals surface area contributed by atoms with Crippen molar-refractivity contribution in [2.45, 2.75) is 52.2 Å². The number of allylic oxidation sites excluding steroid dienone is 1. The third-order valence-electron chi connectivity index (χ3n) is 3.14. The van der Waals surface area contributed by atoms with Crippen LogP contribution in [0.15, 0.2) is 24.0 Å². The Hall–Kier alpha value is -1.49. The van der Waals surface area contributed by atoms with Crippen molar-refractivity contribution >= 4 is 6.08 Å². The zero-order chi connectivity index (χ0) is 15.6. The van der Waals surface area contributed by atoms with Crippen molar-refractivity contribution in [3.63, 3.8) is 0 Å². The van der Waals surface area contributed by atoms with E-state index in [1.165, 1.54) is 6.07 Å². The lowest BCUT2D eigenvalue weighted by atomic mass is 9.99. The van der Waals surface area contributed by atoms with Gasteiger partial charge in [-0.15, -0.1) is 0 Å². The standard InChI is InChI=1S/C16H19F3O2/c1-4-5-13-8-11-6-7-12(16(17,18)19)9-14(11)15(21-13)20-10(2)3/h6-10,15H,4-5H2,1-3H3. The summed E-state index contributed by atoms with van der Waals surface area (Å²) >= 11 is 0. The number of alkyl halides is 3. The number of hydrogen-bond donors (Lipinski definition) is 0. The molecule has 0 aliphatic carbocycles. The first kappa shape index (κ1) is 15.9. The van der Waals surface area contributed by atoms with E-state index in [2.05, 4.69) is 0 Å². The molecule has 2 nitrogen and oxygen atoms in total. The fraction of sp³-hybridized carbons (Fsp3) is 0.500. The average Bonchev–Trinajstić information content (AvgIpc) is 2.37. The Morgan fingerprint density at radius 2 is 2.00 bits per heavy atom. The summed E-state index contributed by atoms with van der Waals surface area (Å²) in [6, 6.07) is 3.69. The van der Waals surface area contributed by atoms with E-state index in [0.29, 0.717) is 5.56 Å². The number of benzene rings is 1. The van der Waals surface area contributed by atoms with Gasteiger partial charge < -0.3 is 9.47 Å². The highest BCUT2D eigenvalue weighted by atomic mass is 19.4. The topological polar surface area (TPSA) is 18.5 Å². The summed E-state index contributed by atoms with van der Waals surface area (Å²) < 4.78 is 49.9. The van der Waals surface area contributed by atoms with Crippen molar-refractivity contribution in [2.24, 2.45) is 0 Å². The Labute approximate surface area is 122 Å². The van der Waals surface area contributed by atoms with E-state index < -0.39 is 18.0 Å². The number of hydrogen-bond acceptors (Lipinski definition) is 2. The van der Waals surface area contributed by atoms with Crippen LogP contribution in [0.1, 0.15) is 56.6 Å². The summed E-state index contributed by atoms with van der Waals surface area (Å²) in [6.07, 6.45) is -1.87. The first-order valence-corrected chi connectivity index (χ1v) is 7.05. The van der Waals surface area contributed by atoms with Crippen LogP contribution in [0.2, 0.25) is 0 Å². The second-order valence-corrected chi connectivity index (χ2v) is 5.34. The van der Waals surface area contributed by atoms with Gasteiger partial charge >= 0.3 is 6.18 Å². The van der Waals surface area contributed by atoms with E-state index in [0.717, 1.165) is 36.3 Å². The van der Waals surface area contributed by atoms with Crippen molar-refractivity contribution in [1.82, 2.24) is 0 Å². The molecule has 1 aliphatic rings. The molecule has 0 saturated heterocycles. The van der Waals surface area contributed by atoms with Gasteiger partial charge in [-0.2, -0.15) is 13.2 Å². The van der Waals surface area contributed by atoms with E-state index in [1.807, 2.05) is 20.8 Å². The quantitative estimate of drug-likeness (QED) is 0.751. The highest BCUT2D eigenvalue weighted by Gasteiger charge is 2.33. The number of fused-ring (bicyclic) bond motifs is 1. The Morgan fingerprint density at radius 3 is 2.57 bits per heavy atom. The molecule has 1 heterocycles. The maximum Gasteiger partial charge on any atom is 0.416 e. The highest BCUT2D eigenvalue weighted by Crippen LogP contribution is 2.38. The maximum absolute atomic E-state index is 12.8. The van der Waals surface area contributed by atoms with Gasteiger partial charge in [-0.1, -0.05) is 13.0 Å². The molecule has 0 aromatic heterocycles. The molecule has 0 N–H and O–H groups in total. The molecule has 1 aliphatic heterocycles. The third kappa shape index (κ3) is 3.79. The molecule has 0 saturated carbocycles. The van der Waals surface area contributed by atoms with Gasteiger partial charge in [0.1, 0.15) is 5.76 Å². The molecular weight excluding hydrogens is 281 g/mol. The maximum atomic E-state index is 12.8. The fourth-order valence-electron chi connectivity index (χ4n) is 2.22. The van der Waals surface area contributed by atoms with Gasteiger partial charge in [0.05, 0.1) is 11.7 Å². The van der Waals surface area contributed by atoms with E-state index in [-0.39, 0.29) is 6.10 Å². The lowest BCUT2D eigenvalue weighted by Gasteiger charge is -2.29. The Morgan fingerprint density at radius 1 is 1.29 bits per heavy atom. The van der Waals surface area contributed by atoms with Crippen LogP contribution in [0, 0.1) is 0 Å². The summed E-state index contributed by atoms with van der Waals surface area (Å²) in [5, 5.41) is 0. The van der Waals surface area contributed by atoms with Gasteiger partial charge in [-0.05, 0) is 44.0 Å². The van der Waals surface area contributed by atoms with Crippen molar-refractivity contribution in [3.05, 3.63) is 40.6 Å². The van der Waals surface area contributed by atoms with Crippen molar-refractivity contribution < 1.29 is 22.6 Å². The largest absolute Gasteiger partial charge is 0.465 e. The monoisotopic (exact) mass is 300 g/mol. The first-order valence-electron chi connectivity index (χ1n) is 7.05. The normalized spacial score (nSPS) is 18.2. The van der Waals surface area contributed by atoms with Gasteiger partial charge in [-0.25, -0.2) is 0 Å². The molecule has 2 rings (SSSR count). The van der Waals surface area contributed by atoms with Gasteiger partial charge in [-0.3, -0.25) is 0 Å². The predicted molar refractivity (Wildman–Crippen MR) is 74.4 cm³/mol. The molecular formula is C16H19F3O2. The van der Waals surface area contributed by atoms with Gasteiger partial charge in [0.15, 0.2) is 0 Å². The fourth-order valence-corrected chi connectivity index (χ4v) is 2.22. The number of halogens is 3. The SMILES string of the molecule is CCCC1=Cc2ccc(C(F)(F)F)cc2C(OC(C)C)O1. The summed E-state index contributed by atoms with van der Waals surface area (Å²) in [5.74, 6) is 0.746. The molecule has 0 bridgehead atoms. The Balaban J connectivity index is 2.42. The van der Waals surface area contributed by atoms with Crippen molar-refractivity contribution in [3.8, 4) is 0 Å². The molecule has 1 unspecified atom stereocenters. The zero-order valence-corrected chi connectivity index (χ0v) is 12.3. The van der Waals surface area contributed by atoms with Crippen LogP contribution in [0.3, 0.4) is 0 Å². The lowest BCUT2D eigenvalue weighted by Crippen LogP contribution is -2.19. The molecule has 0 spiro atoms. The smallest absolute Gasteiger partial charge is 0.416 e. The molecule has 1 atom stereocenters. The lowest BCUT2D eigenvalue weighted by molar-refractivity contribution is -0.148. The number of ether oxygens (including phenoxy) is 2. The highest BCUT2D eigenvalue weighted by molar-refractivity contribution is 5.59. The van der Waals surface area contributed by atoms with Gasteiger partial charge in [0.2, 0.25) is 6.29 Å². The zero-order valence-electron chi connectivity index (χ0n) is 12.3. The van der Waals surface area contributed by atoms with E-state index in [9.17, 15) is 13.2 Å². The Kier molecular flexibility index (Phi) is 4.61. The van der Waals surface area contributed by atoms with Crippen LogP contribution < -0.4 is 0 Å². The summed E-state index contributed by atoms with van der Waals surface area (Å²) in [4.78, 5) is 0. The van der Waals surface area contributed by atoms with Crippen LogP contribution in [-0.2, 0) is 15.7 Å². The predicted octanol–water partition coefficient (Wildman–Crippen LogP) is 5.30. The minimum atomic E-state index is -4.37. The van der Waals surface area contributed by atoms with Gasteiger partial charge in [0.25, 0.3) is 0 Å². The molecule has 0 amide bonds. The van der Waals surface area contributed by atoms with E-state index in [4.69, 9.17) is 9.47 Å². The summed E-state index contributed by atoms with van der Waals surface area (Å²) in [7, 11) is 0. The second kappa shape index (κ2) is 6.10. The van der Waals surface area contributed by atoms with Crippen LogP contribution in [0.25, 0.3) is 6.08 Å². The minimum Gasteiger partial charge on any atom is -0.465 e. The second-order valence-electron chi connectivity index (χ2n) is 5.34. The van der Waals surface area contributed by atoms with Crippen LogP contribution in [0.4, 0.5) is 13.2 Å². The molecule has 1 aromatic rings. The number of rotatable bonds is 4. The average molecular weight is 300 g/mol. The first-order chi connectivity index (χ1) is 9.81. The molecule has 116 valence electrons. The third-order valence-corrected chi connectivity index (χ3v) is 3.14. The Bertz CT molecular complexity index is 533. The van der Waals surface area contributed by atoms with Crippen molar-refractivity contribution in [2.75, 3.05) is 0 Å². The summed E-state index contributed by atoms with van der Waals surface area (Å²) in [6.45, 7) is 5.67.